The first-order valence-electron chi connectivity index (χ1n) is 20.1. The molecule has 0 fully saturated rings. The van der Waals surface area contributed by atoms with Crippen LogP contribution < -0.4 is 46.9 Å². The van der Waals surface area contributed by atoms with Crippen LogP contribution in [0.15, 0.2) is 123 Å². The second kappa shape index (κ2) is 35.6. The number of halogens is 6. The third kappa shape index (κ3) is 27.8. The summed E-state index contributed by atoms with van der Waals surface area (Å²) >= 11 is 10.2. The number of phenolic OH excluding ortho intramolecular Hbond substituents is 2. The van der Waals surface area contributed by atoms with E-state index in [0.717, 1.165) is 46.8 Å². The molecule has 0 spiro atoms. The zero-order chi connectivity index (χ0) is 45.7. The molecule has 0 aromatic heterocycles. The number of benzene rings is 6. The van der Waals surface area contributed by atoms with Gasteiger partial charge in [0, 0.05) is 13.4 Å². The summed E-state index contributed by atoms with van der Waals surface area (Å²) in [6.07, 6.45) is 0. The molecule has 354 valence electrons. The quantitative estimate of drug-likeness (QED) is 0.142. The average molecular weight is 1240 g/mol. The van der Waals surface area contributed by atoms with Gasteiger partial charge in [-0.05, 0) is 150 Å². The topological polar surface area (TPSA) is 63.5 Å². The molecule has 0 aliphatic carbocycles. The monoisotopic (exact) mass is 1230 g/mol. The van der Waals surface area contributed by atoms with Crippen LogP contribution in [0.5, 0.6) is 17.2 Å². The van der Waals surface area contributed by atoms with Gasteiger partial charge in [-0.25, -0.2) is 0 Å². The van der Waals surface area contributed by atoms with Crippen LogP contribution in [-0.4, -0.2) is 79.4 Å². The average Bonchev–Trinajstić information content (AvgIpc) is 3.13. The fraction of sp³-hybridized carbons (Fsp3) is 0.327. The second-order valence-electron chi connectivity index (χ2n) is 18.3. The molecule has 0 radical (unpaired) electrons. The maximum absolute atomic E-state index is 10.8. The number of aromatic hydroxyl groups is 2. The van der Waals surface area contributed by atoms with Crippen molar-refractivity contribution in [2.24, 2.45) is 0 Å². The Bertz CT molecular complexity index is 2170. The van der Waals surface area contributed by atoms with Gasteiger partial charge >= 0.3 is 69.2 Å². The van der Waals surface area contributed by atoms with E-state index < -0.39 is 0 Å². The van der Waals surface area contributed by atoms with Crippen LogP contribution in [-0.2, 0) is 16.2 Å². The van der Waals surface area contributed by atoms with Crippen LogP contribution in [0.25, 0.3) is 11.1 Å². The van der Waals surface area contributed by atoms with Crippen LogP contribution in [0.3, 0.4) is 0 Å². The minimum atomic E-state index is 0. The Labute approximate surface area is 502 Å². The molecule has 6 rings (SSSR count). The molecule has 6 aromatic carbocycles. The van der Waals surface area contributed by atoms with Crippen LogP contribution in [0.1, 0.15) is 112 Å². The first kappa shape index (κ1) is 78.0. The summed E-state index contributed by atoms with van der Waals surface area (Å²) in [5, 5.41) is 29.6. The summed E-state index contributed by atoms with van der Waals surface area (Å²) in [6.45, 7) is 31.8. The zero-order valence-electron chi connectivity index (χ0n) is 42.6. The molecule has 2 N–H and O–H groups in total. The molecule has 0 aliphatic heterocycles. The first-order valence-corrected chi connectivity index (χ1v) is 22.5. The smallest absolute Gasteiger partial charge is 1.00 e. The molecule has 0 saturated heterocycles. The normalized spacial score (nSPS) is 9.88. The Morgan fingerprint density at radius 2 is 0.716 bits per heavy atom. The number of phenols is 2. The molecule has 3 nitrogen and oxygen atoms in total. The van der Waals surface area contributed by atoms with Crippen molar-refractivity contribution in [1.82, 2.24) is 0 Å². The van der Waals surface area contributed by atoms with E-state index in [0.29, 0.717) is 11.5 Å². The van der Waals surface area contributed by atoms with Crippen LogP contribution in [0.4, 0.5) is 0 Å². The number of hydrogen-bond donors (Lipinski definition) is 2. The Morgan fingerprint density at radius 1 is 0.448 bits per heavy atom. The fourth-order valence-electron chi connectivity index (χ4n) is 6.20. The maximum Gasteiger partial charge on any atom is 2.00 e. The van der Waals surface area contributed by atoms with Crippen LogP contribution >= 0.6 is 47.8 Å². The van der Waals surface area contributed by atoms with Crippen molar-refractivity contribution >= 4 is 117 Å². The van der Waals surface area contributed by atoms with Crippen molar-refractivity contribution < 1.29 is 57.1 Å². The summed E-state index contributed by atoms with van der Waals surface area (Å²) < 4.78 is 3.25. The van der Waals surface area contributed by atoms with Gasteiger partial charge < -0.3 is 64.5 Å². The Balaban J connectivity index is -0.000000174. The maximum atomic E-state index is 10.8. The standard InChI is InChI=1S/C18H22O.C10H13Br.C10H13.2C8H9BrO.CH3.BrH.2ClH.3Mg/c1-12-10-16(19)11-13(2)17(12)14-6-8-15(9-7-14)18(3,4)5;1-10(2,3)8-4-6-9(11)7-5-8;1-10(2,3)9-7-5-4-6-8-9;2*1-5-3-7(10)4-6(2)8(5)9;;;;;;;/h6-11,19H,1-5H3;4-7H,1-3H3;5-8H,1-3H3;2*3-4,10H,1-2H3;1H3;3*1H;;;/q;;-1;;;-1;;;;3*+2/p-4. The van der Waals surface area contributed by atoms with Gasteiger partial charge in [0.15, 0.2) is 0 Å². The van der Waals surface area contributed by atoms with E-state index in [1.54, 1.807) is 24.3 Å². The Hall–Kier alpha value is -0.481. The predicted molar refractivity (Wildman–Crippen MR) is 291 cm³/mol. The van der Waals surface area contributed by atoms with Crippen LogP contribution in [0, 0.1) is 55.0 Å². The number of rotatable bonds is 1. The van der Waals surface area contributed by atoms with E-state index in [1.807, 2.05) is 65.8 Å². The largest absolute Gasteiger partial charge is 2.00 e. The van der Waals surface area contributed by atoms with Crippen molar-refractivity contribution in [1.29, 1.82) is 0 Å². The van der Waals surface area contributed by atoms with Crippen molar-refractivity contribution in [3.05, 3.63) is 186 Å². The van der Waals surface area contributed by atoms with E-state index in [9.17, 15) is 10.2 Å². The molecule has 6 aromatic rings. The first-order chi connectivity index (χ1) is 27.6. The summed E-state index contributed by atoms with van der Waals surface area (Å²) in [5.74, 6) is 0.751. The summed E-state index contributed by atoms with van der Waals surface area (Å²) in [4.78, 5) is 0. The third-order valence-electron chi connectivity index (χ3n) is 9.68. The molecule has 0 atom stereocenters. The molecule has 12 heteroatoms. The molecular weight excluding hydrogens is 1170 g/mol. The van der Waals surface area contributed by atoms with Crippen LogP contribution in [0.2, 0.25) is 0 Å². The van der Waals surface area contributed by atoms with Gasteiger partial charge in [0.2, 0.25) is 0 Å². The second-order valence-corrected chi connectivity index (χ2v) is 20.8. The SMILES string of the molecule is CC(C)(C)c1cc[c-]cc1.CC(C)(C)c1ccc(Br)cc1.Cc1cc(O)cc(C)c1-c1ccc(C(C)(C)C)cc1.Cc1cc(O)cc(C)c1Br.Cc1cc([O-])cc(C)c1Br.[Br-].[CH3-].[Cl-].[Cl-].[Mg+2].[Mg+2].[Mg+2]. The van der Waals surface area contributed by atoms with Crippen molar-refractivity contribution in [3.8, 4) is 28.4 Å². The molecule has 0 bridgehead atoms. The molecule has 0 aliphatic rings. The predicted octanol–water partition coefficient (Wildman–Crippen LogP) is 6.74. The van der Waals surface area contributed by atoms with Gasteiger partial charge in [0.05, 0.1) is 0 Å². The molecule has 0 amide bonds. The van der Waals surface area contributed by atoms with E-state index in [4.69, 9.17) is 5.11 Å². The van der Waals surface area contributed by atoms with Gasteiger partial charge in [0.1, 0.15) is 11.5 Å². The summed E-state index contributed by atoms with van der Waals surface area (Å²) in [7, 11) is 0. The number of hydrogen-bond acceptors (Lipinski definition) is 3. The molecular formula is C55H68Br4Cl2Mg3O3. The van der Waals surface area contributed by atoms with Gasteiger partial charge in [-0.1, -0.05) is 159 Å². The van der Waals surface area contributed by atoms with Crippen molar-refractivity contribution in [2.45, 2.75) is 120 Å². The van der Waals surface area contributed by atoms with Gasteiger partial charge in [-0.3, -0.25) is 0 Å². The van der Waals surface area contributed by atoms with Crippen molar-refractivity contribution in [2.75, 3.05) is 0 Å². The van der Waals surface area contributed by atoms with Gasteiger partial charge in [0.25, 0.3) is 0 Å². The summed E-state index contributed by atoms with van der Waals surface area (Å²) in [6, 6.07) is 38.7. The van der Waals surface area contributed by atoms with Gasteiger partial charge in [-0.15, -0.1) is 5.75 Å². The molecule has 67 heavy (non-hydrogen) atoms. The zero-order valence-corrected chi connectivity index (χ0v) is 54.7. The minimum Gasteiger partial charge on any atom is -1.00 e. The Morgan fingerprint density at radius 3 is 1.01 bits per heavy atom. The summed E-state index contributed by atoms with van der Waals surface area (Å²) in [5.41, 5.74) is 13.6. The van der Waals surface area contributed by atoms with E-state index in [1.165, 1.54) is 27.8 Å². The van der Waals surface area contributed by atoms with E-state index >= 15 is 0 Å². The molecule has 0 saturated carbocycles. The fourth-order valence-corrected chi connectivity index (χ4v) is 6.92. The van der Waals surface area contributed by atoms with E-state index in [-0.39, 0.29) is 140 Å². The minimum absolute atomic E-state index is 0. The number of aryl methyl sites for hydroxylation is 6. The Kier molecular flexibility index (Phi) is 41.4. The van der Waals surface area contributed by atoms with E-state index in [2.05, 4.69) is 177 Å². The molecule has 0 unspecified atom stereocenters. The van der Waals surface area contributed by atoms with Gasteiger partial charge in [-0.2, -0.15) is 35.9 Å². The third-order valence-corrected chi connectivity index (χ3v) is 12.7. The molecule has 0 heterocycles. The van der Waals surface area contributed by atoms with Crippen molar-refractivity contribution in [3.63, 3.8) is 0 Å².